The summed E-state index contributed by atoms with van der Waals surface area (Å²) in [5.41, 5.74) is 1.80. The zero-order chi connectivity index (χ0) is 11.5. The van der Waals surface area contributed by atoms with E-state index in [4.69, 9.17) is 23.2 Å². The topological polar surface area (TPSA) is 17.1 Å². The highest BCUT2D eigenvalue weighted by atomic mass is 35.5. The lowest BCUT2D eigenvalue weighted by Gasteiger charge is -2.04. The first-order valence-electron chi connectivity index (χ1n) is 5.33. The van der Waals surface area contributed by atoms with Crippen LogP contribution in [0.25, 0.3) is 0 Å². The van der Waals surface area contributed by atoms with E-state index in [-0.39, 0.29) is 5.78 Å². The van der Waals surface area contributed by atoms with Gasteiger partial charge >= 0.3 is 0 Å². The lowest BCUT2D eigenvalue weighted by molar-refractivity contribution is -0.115. The molecule has 1 aliphatic carbocycles. The second-order valence-electron chi connectivity index (χ2n) is 3.96. The molecule has 0 unspecified atom stereocenters. The smallest absolute Gasteiger partial charge is 0.162 e. The summed E-state index contributed by atoms with van der Waals surface area (Å²) in [6.07, 6.45) is 5.43. The van der Waals surface area contributed by atoms with Crippen LogP contribution in [0.4, 0.5) is 0 Å². The molecule has 84 valence electrons. The normalized spacial score (nSPS) is 15.0. The van der Waals surface area contributed by atoms with Crippen molar-refractivity contribution in [1.29, 1.82) is 0 Å². The highest BCUT2D eigenvalue weighted by molar-refractivity contribution is 6.35. The van der Waals surface area contributed by atoms with Crippen molar-refractivity contribution in [3.8, 4) is 0 Å². The Balaban J connectivity index is 2.11. The number of allylic oxidation sites excluding steroid dienone is 2. The maximum atomic E-state index is 11.9. The molecule has 1 nitrogen and oxygen atoms in total. The van der Waals surface area contributed by atoms with E-state index in [1.807, 2.05) is 12.1 Å². The number of hydrogen-bond donors (Lipinski definition) is 0. The van der Waals surface area contributed by atoms with Crippen molar-refractivity contribution in [3.63, 3.8) is 0 Å². The minimum Gasteiger partial charge on any atom is -0.294 e. The summed E-state index contributed by atoms with van der Waals surface area (Å²) in [4.78, 5) is 11.9. The fourth-order valence-electron chi connectivity index (χ4n) is 1.88. The molecule has 0 saturated heterocycles. The predicted molar refractivity (Wildman–Crippen MR) is 67.1 cm³/mol. The van der Waals surface area contributed by atoms with Crippen LogP contribution in [0.2, 0.25) is 10.0 Å². The quantitative estimate of drug-likeness (QED) is 0.790. The zero-order valence-electron chi connectivity index (χ0n) is 8.80. The molecule has 0 fully saturated rings. The maximum Gasteiger partial charge on any atom is 0.162 e. The molecule has 0 aliphatic heterocycles. The SMILES string of the molecule is O=C(Cc1ccc(Cl)cc1Cl)C1=CCCC1. The van der Waals surface area contributed by atoms with Crippen molar-refractivity contribution in [2.24, 2.45) is 0 Å². The third-order valence-corrected chi connectivity index (χ3v) is 3.35. The van der Waals surface area contributed by atoms with Crippen LogP contribution in [0.15, 0.2) is 29.8 Å². The van der Waals surface area contributed by atoms with Crippen LogP contribution in [0, 0.1) is 0 Å². The molecule has 2 rings (SSSR count). The van der Waals surface area contributed by atoms with Crippen LogP contribution >= 0.6 is 23.2 Å². The van der Waals surface area contributed by atoms with Crippen molar-refractivity contribution in [3.05, 3.63) is 45.5 Å². The van der Waals surface area contributed by atoms with Crippen molar-refractivity contribution < 1.29 is 4.79 Å². The third kappa shape index (κ3) is 2.66. The van der Waals surface area contributed by atoms with Gasteiger partial charge in [0, 0.05) is 16.5 Å². The molecule has 1 aliphatic rings. The van der Waals surface area contributed by atoms with Gasteiger partial charge in [-0.25, -0.2) is 0 Å². The van der Waals surface area contributed by atoms with Gasteiger partial charge in [0.05, 0.1) is 0 Å². The summed E-state index contributed by atoms with van der Waals surface area (Å²) in [6, 6.07) is 5.26. The number of carbonyl (C=O) groups is 1. The van der Waals surface area contributed by atoms with Gasteiger partial charge in [-0.15, -0.1) is 0 Å². The summed E-state index contributed by atoms with van der Waals surface area (Å²) in [5.74, 6) is 0.182. The van der Waals surface area contributed by atoms with Crippen LogP contribution in [0.3, 0.4) is 0 Å². The monoisotopic (exact) mass is 254 g/mol. The minimum absolute atomic E-state index is 0.182. The maximum absolute atomic E-state index is 11.9. The minimum atomic E-state index is 0.182. The molecule has 0 atom stereocenters. The summed E-state index contributed by atoms with van der Waals surface area (Å²) >= 11 is 11.8. The fourth-order valence-corrected chi connectivity index (χ4v) is 2.35. The van der Waals surface area contributed by atoms with Crippen molar-refractivity contribution in [1.82, 2.24) is 0 Å². The number of Topliss-reactive ketones (excluding diaryl/α,β-unsaturated/α-hetero) is 1. The van der Waals surface area contributed by atoms with E-state index in [1.54, 1.807) is 12.1 Å². The molecule has 0 aromatic heterocycles. The van der Waals surface area contributed by atoms with E-state index < -0.39 is 0 Å². The summed E-state index contributed by atoms with van der Waals surface area (Å²) in [5, 5.41) is 1.17. The second-order valence-corrected chi connectivity index (χ2v) is 4.80. The Morgan fingerprint density at radius 2 is 2.12 bits per heavy atom. The van der Waals surface area contributed by atoms with E-state index in [9.17, 15) is 4.79 Å². The fraction of sp³-hybridized carbons (Fsp3) is 0.308. The molecule has 0 spiro atoms. The average Bonchev–Trinajstić information content (AvgIpc) is 2.75. The van der Waals surface area contributed by atoms with Gasteiger partial charge in [-0.1, -0.05) is 35.3 Å². The first kappa shape index (κ1) is 11.7. The molecule has 0 amide bonds. The lowest BCUT2D eigenvalue weighted by atomic mass is 10.0. The van der Waals surface area contributed by atoms with Gasteiger partial charge in [0.1, 0.15) is 0 Å². The van der Waals surface area contributed by atoms with E-state index in [2.05, 4.69) is 0 Å². The summed E-state index contributed by atoms with van der Waals surface area (Å²) in [7, 11) is 0. The Kier molecular flexibility index (Phi) is 3.67. The van der Waals surface area contributed by atoms with Gasteiger partial charge in [-0.3, -0.25) is 4.79 Å². The molecule has 1 aromatic carbocycles. The largest absolute Gasteiger partial charge is 0.294 e. The van der Waals surface area contributed by atoms with Crippen LogP contribution in [0.5, 0.6) is 0 Å². The Labute approximate surface area is 105 Å². The van der Waals surface area contributed by atoms with Gasteiger partial charge in [-0.05, 0) is 42.5 Å². The molecule has 0 saturated carbocycles. The summed E-state index contributed by atoms with van der Waals surface area (Å²) in [6.45, 7) is 0. The molecule has 3 heteroatoms. The molecule has 0 radical (unpaired) electrons. The van der Waals surface area contributed by atoms with E-state index in [0.29, 0.717) is 16.5 Å². The van der Waals surface area contributed by atoms with Gasteiger partial charge in [0.25, 0.3) is 0 Å². The Morgan fingerprint density at radius 3 is 2.75 bits per heavy atom. The van der Waals surface area contributed by atoms with Gasteiger partial charge in [-0.2, -0.15) is 0 Å². The molecule has 1 aromatic rings. The standard InChI is InChI=1S/C13H12Cl2O/c14-11-6-5-10(12(15)8-11)7-13(16)9-3-1-2-4-9/h3,5-6,8H,1-2,4,7H2. The van der Waals surface area contributed by atoms with Crippen LogP contribution in [-0.4, -0.2) is 5.78 Å². The van der Waals surface area contributed by atoms with E-state index in [0.717, 1.165) is 30.4 Å². The van der Waals surface area contributed by atoms with Crippen LogP contribution in [-0.2, 0) is 11.2 Å². The second kappa shape index (κ2) is 5.03. The van der Waals surface area contributed by atoms with Gasteiger partial charge in [0.2, 0.25) is 0 Å². The van der Waals surface area contributed by atoms with E-state index >= 15 is 0 Å². The van der Waals surface area contributed by atoms with Gasteiger partial charge in [0.15, 0.2) is 5.78 Å². The van der Waals surface area contributed by atoms with Crippen LogP contribution in [0.1, 0.15) is 24.8 Å². The number of hydrogen-bond acceptors (Lipinski definition) is 1. The van der Waals surface area contributed by atoms with Crippen molar-refractivity contribution in [2.45, 2.75) is 25.7 Å². The number of ketones is 1. The third-order valence-electron chi connectivity index (χ3n) is 2.77. The summed E-state index contributed by atoms with van der Waals surface area (Å²) < 4.78 is 0. The van der Waals surface area contributed by atoms with Crippen molar-refractivity contribution >= 4 is 29.0 Å². The first-order valence-corrected chi connectivity index (χ1v) is 6.08. The molecule has 0 heterocycles. The zero-order valence-corrected chi connectivity index (χ0v) is 10.3. The van der Waals surface area contributed by atoms with Crippen molar-refractivity contribution in [2.75, 3.05) is 0 Å². The Bertz CT molecular complexity index is 449. The molecular weight excluding hydrogens is 243 g/mol. The highest BCUT2D eigenvalue weighted by Crippen LogP contribution is 2.24. The average molecular weight is 255 g/mol. The van der Waals surface area contributed by atoms with Gasteiger partial charge < -0.3 is 0 Å². The Morgan fingerprint density at radius 1 is 1.31 bits per heavy atom. The first-order chi connectivity index (χ1) is 7.66. The Hall–Kier alpha value is -0.790. The molecule has 16 heavy (non-hydrogen) atoms. The molecular formula is C13H12Cl2O. The number of halogens is 2. The van der Waals surface area contributed by atoms with E-state index in [1.165, 1.54) is 0 Å². The predicted octanol–water partition coefficient (Wildman–Crippen LogP) is 4.22. The number of benzene rings is 1. The number of carbonyl (C=O) groups excluding carboxylic acids is 1. The van der Waals surface area contributed by atoms with Crippen LogP contribution < -0.4 is 0 Å². The molecule has 0 bridgehead atoms. The highest BCUT2D eigenvalue weighted by Gasteiger charge is 2.15. The lowest BCUT2D eigenvalue weighted by Crippen LogP contribution is -2.05. The molecule has 0 N–H and O–H groups in total. The number of rotatable bonds is 3.